The van der Waals surface area contributed by atoms with Crippen LogP contribution in [-0.2, 0) is 13.1 Å². The maximum atomic E-state index is 12.7. The van der Waals surface area contributed by atoms with Crippen LogP contribution in [0.3, 0.4) is 0 Å². The second-order valence-electron chi connectivity index (χ2n) is 6.63. The fraction of sp³-hybridized carbons (Fsp3) is 0.217. The van der Waals surface area contributed by atoms with Gasteiger partial charge in [-0.3, -0.25) is 4.79 Å². The molecule has 3 rings (SSSR count). The molecule has 0 spiro atoms. The number of rotatable bonds is 9. The van der Waals surface area contributed by atoms with Gasteiger partial charge in [-0.2, -0.15) is 5.10 Å². The Morgan fingerprint density at radius 1 is 1.07 bits per heavy atom. The molecule has 0 aliphatic heterocycles. The van der Waals surface area contributed by atoms with Gasteiger partial charge < -0.3 is 10.0 Å². The average Bonchev–Trinajstić information content (AvgIpc) is 2.76. The van der Waals surface area contributed by atoms with Gasteiger partial charge in [0.05, 0.1) is 18.4 Å². The Kier molecular flexibility index (Phi) is 7.61. The lowest BCUT2D eigenvalue weighted by Gasteiger charge is -2.25. The Hall–Kier alpha value is -2.89. The van der Waals surface area contributed by atoms with E-state index in [1.165, 1.54) is 4.68 Å². The first-order chi connectivity index (χ1) is 14.2. The highest BCUT2D eigenvalue weighted by molar-refractivity contribution is 6.33. The molecule has 0 amide bonds. The zero-order valence-electron chi connectivity index (χ0n) is 16.1. The second-order valence-corrected chi connectivity index (χ2v) is 7.01. The van der Waals surface area contributed by atoms with Gasteiger partial charge in [-0.05, 0) is 17.5 Å². The van der Waals surface area contributed by atoms with Crippen molar-refractivity contribution >= 4 is 23.4 Å². The predicted molar refractivity (Wildman–Crippen MR) is 118 cm³/mol. The molecule has 29 heavy (non-hydrogen) atoms. The molecule has 1 heterocycles. The summed E-state index contributed by atoms with van der Waals surface area (Å²) in [5.74, 6) is 0. The third-order valence-corrected chi connectivity index (χ3v) is 4.85. The topological polar surface area (TPSA) is 58.4 Å². The first-order valence-electron chi connectivity index (χ1n) is 9.56. The minimum atomic E-state index is -0.330. The van der Waals surface area contributed by atoms with Crippen molar-refractivity contribution in [2.24, 2.45) is 0 Å². The molecule has 5 nitrogen and oxygen atoms in total. The van der Waals surface area contributed by atoms with Gasteiger partial charge in [-0.1, -0.05) is 84.4 Å². The summed E-state index contributed by atoms with van der Waals surface area (Å²) in [6.45, 7) is 1.56. The summed E-state index contributed by atoms with van der Waals surface area (Å²) < 4.78 is 1.35. The summed E-state index contributed by atoms with van der Waals surface area (Å²) in [5, 5.41) is 13.7. The third kappa shape index (κ3) is 5.79. The molecule has 0 aliphatic carbocycles. The maximum Gasteiger partial charge on any atom is 0.287 e. The molecular weight excluding hydrogens is 386 g/mol. The molecule has 0 bridgehead atoms. The summed E-state index contributed by atoms with van der Waals surface area (Å²) >= 11 is 6.43. The fourth-order valence-electron chi connectivity index (χ4n) is 3.01. The summed E-state index contributed by atoms with van der Waals surface area (Å²) in [5.41, 5.74) is 2.40. The van der Waals surface area contributed by atoms with Gasteiger partial charge in [0, 0.05) is 19.7 Å². The number of nitrogens with zero attached hydrogens (tertiary/aromatic N) is 3. The van der Waals surface area contributed by atoms with Crippen LogP contribution >= 0.6 is 11.6 Å². The van der Waals surface area contributed by atoms with Crippen molar-refractivity contribution in [3.63, 3.8) is 0 Å². The largest absolute Gasteiger partial charge is 0.396 e. The highest BCUT2D eigenvalue weighted by atomic mass is 35.5. The van der Waals surface area contributed by atoms with Crippen molar-refractivity contribution in [1.82, 2.24) is 9.78 Å². The number of allylic oxidation sites excluding steroid dienone is 1. The number of aliphatic hydroxyl groups excluding tert-OH is 1. The summed E-state index contributed by atoms with van der Waals surface area (Å²) in [4.78, 5) is 14.7. The van der Waals surface area contributed by atoms with Crippen molar-refractivity contribution in [3.8, 4) is 0 Å². The van der Waals surface area contributed by atoms with Crippen LogP contribution in [0, 0.1) is 0 Å². The number of benzene rings is 2. The lowest BCUT2D eigenvalue weighted by atomic mass is 10.2. The molecule has 3 aromatic rings. The molecule has 150 valence electrons. The smallest absolute Gasteiger partial charge is 0.287 e. The second kappa shape index (κ2) is 10.6. The van der Waals surface area contributed by atoms with Crippen LogP contribution in [0.2, 0.25) is 5.02 Å². The van der Waals surface area contributed by atoms with Crippen LogP contribution in [0.25, 0.3) is 6.08 Å². The lowest BCUT2D eigenvalue weighted by molar-refractivity contribution is 0.289. The Labute approximate surface area is 175 Å². The molecule has 2 aromatic carbocycles. The molecule has 0 fully saturated rings. The minimum Gasteiger partial charge on any atom is -0.396 e. The van der Waals surface area contributed by atoms with E-state index in [0.29, 0.717) is 31.7 Å². The van der Waals surface area contributed by atoms with Gasteiger partial charge in [0.1, 0.15) is 5.02 Å². The highest BCUT2D eigenvalue weighted by Crippen LogP contribution is 2.23. The van der Waals surface area contributed by atoms with Crippen LogP contribution in [0.15, 0.2) is 77.7 Å². The molecule has 6 heteroatoms. The van der Waals surface area contributed by atoms with E-state index in [1.807, 2.05) is 77.7 Å². The van der Waals surface area contributed by atoms with Crippen molar-refractivity contribution < 1.29 is 5.11 Å². The highest BCUT2D eigenvalue weighted by Gasteiger charge is 2.15. The summed E-state index contributed by atoms with van der Waals surface area (Å²) in [6.07, 6.45) is 6.03. The number of hydrogen-bond donors (Lipinski definition) is 1. The molecule has 1 aromatic heterocycles. The number of aliphatic hydroxyl groups is 1. The van der Waals surface area contributed by atoms with Gasteiger partial charge >= 0.3 is 0 Å². The fourth-order valence-corrected chi connectivity index (χ4v) is 3.28. The van der Waals surface area contributed by atoms with E-state index in [4.69, 9.17) is 11.6 Å². The van der Waals surface area contributed by atoms with Gasteiger partial charge in [-0.15, -0.1) is 0 Å². The van der Waals surface area contributed by atoms with E-state index < -0.39 is 0 Å². The van der Waals surface area contributed by atoms with Crippen molar-refractivity contribution in [1.29, 1.82) is 0 Å². The van der Waals surface area contributed by atoms with Gasteiger partial charge in [-0.25, -0.2) is 4.68 Å². The molecule has 0 saturated carbocycles. The SMILES string of the molecule is O=c1c(Cl)c(N(CCCO)Cc2ccccc2)cnn1C/C=C/c1ccccc1. The average molecular weight is 410 g/mol. The van der Waals surface area contributed by atoms with Crippen LogP contribution < -0.4 is 10.5 Å². The molecule has 0 saturated heterocycles. The lowest BCUT2D eigenvalue weighted by Crippen LogP contribution is -2.30. The minimum absolute atomic E-state index is 0.0671. The van der Waals surface area contributed by atoms with Crippen LogP contribution in [0.1, 0.15) is 17.5 Å². The van der Waals surface area contributed by atoms with E-state index >= 15 is 0 Å². The Morgan fingerprint density at radius 2 is 1.76 bits per heavy atom. The van der Waals surface area contributed by atoms with Crippen LogP contribution in [0.5, 0.6) is 0 Å². The van der Waals surface area contributed by atoms with Crippen molar-refractivity contribution in [3.05, 3.63) is 99.4 Å². The molecule has 0 unspecified atom stereocenters. The van der Waals surface area contributed by atoms with Gasteiger partial charge in [0.25, 0.3) is 5.56 Å². The number of halogens is 1. The normalized spacial score (nSPS) is 11.1. The van der Waals surface area contributed by atoms with E-state index in [2.05, 4.69) is 5.10 Å². The molecular formula is C23H24ClN3O2. The zero-order valence-corrected chi connectivity index (χ0v) is 16.9. The van der Waals surface area contributed by atoms with E-state index in [1.54, 1.807) is 6.20 Å². The number of hydrogen-bond acceptors (Lipinski definition) is 4. The molecule has 0 radical (unpaired) electrons. The van der Waals surface area contributed by atoms with Crippen LogP contribution in [0.4, 0.5) is 5.69 Å². The summed E-state index contributed by atoms with van der Waals surface area (Å²) in [6, 6.07) is 19.8. The Balaban J connectivity index is 1.80. The first kappa shape index (κ1) is 20.8. The van der Waals surface area contributed by atoms with Gasteiger partial charge in [0.15, 0.2) is 0 Å². The van der Waals surface area contributed by atoms with E-state index in [9.17, 15) is 9.90 Å². The van der Waals surface area contributed by atoms with Crippen molar-refractivity contribution in [2.75, 3.05) is 18.1 Å². The molecule has 1 N–H and O–H groups in total. The van der Waals surface area contributed by atoms with Crippen molar-refractivity contribution in [2.45, 2.75) is 19.5 Å². The monoisotopic (exact) mass is 409 g/mol. The third-order valence-electron chi connectivity index (χ3n) is 4.50. The summed E-state index contributed by atoms with van der Waals surface area (Å²) in [7, 11) is 0. The van der Waals surface area contributed by atoms with E-state index in [0.717, 1.165) is 11.1 Å². The number of anilines is 1. The molecule has 0 aliphatic rings. The van der Waals surface area contributed by atoms with Crippen LogP contribution in [-0.4, -0.2) is 28.0 Å². The van der Waals surface area contributed by atoms with Gasteiger partial charge in [0.2, 0.25) is 0 Å². The molecule has 0 atom stereocenters. The first-order valence-corrected chi connectivity index (χ1v) is 9.94. The Morgan fingerprint density at radius 3 is 2.45 bits per heavy atom. The number of aromatic nitrogens is 2. The Bertz CT molecular complexity index is 988. The predicted octanol–water partition coefficient (Wildman–Crippen LogP) is 4.00. The standard InChI is InChI=1S/C23H24ClN3O2/c24-22-21(26(14-8-16-28)18-20-11-5-2-6-12-20)17-25-27(23(22)29)15-7-13-19-9-3-1-4-10-19/h1-7,9-13,17,28H,8,14-16,18H2/b13-7+. The van der Waals surface area contributed by atoms with E-state index in [-0.39, 0.29) is 17.2 Å². The quantitative estimate of drug-likeness (QED) is 0.580. The maximum absolute atomic E-state index is 12.7. The zero-order chi connectivity index (χ0) is 20.5.